The van der Waals surface area contributed by atoms with Crippen LogP contribution in [0.25, 0.3) is 21.9 Å². The van der Waals surface area contributed by atoms with Crippen molar-refractivity contribution in [3.8, 4) is 0 Å². The molecule has 1 aromatic carbocycles. The molecule has 0 bridgehead atoms. The summed E-state index contributed by atoms with van der Waals surface area (Å²) in [5, 5.41) is 2.38. The summed E-state index contributed by atoms with van der Waals surface area (Å²) in [6.45, 7) is 0. The summed E-state index contributed by atoms with van der Waals surface area (Å²) in [7, 11) is 7.59. The van der Waals surface area contributed by atoms with E-state index in [2.05, 4.69) is 37.3 Å². The van der Waals surface area contributed by atoms with E-state index < -0.39 is 0 Å². The van der Waals surface area contributed by atoms with Gasteiger partial charge in [-0.15, -0.1) is 32.4 Å². The molecule has 0 aliphatic heterocycles. The van der Waals surface area contributed by atoms with Crippen molar-refractivity contribution in [2.24, 2.45) is 0 Å². The van der Waals surface area contributed by atoms with Crippen molar-refractivity contribution in [1.82, 2.24) is 14.1 Å². The average Bonchev–Trinajstić information content (AvgIpc) is 3.05. The maximum atomic E-state index is 4.14. The van der Waals surface area contributed by atoms with Crippen molar-refractivity contribution < 1.29 is 65.4 Å². The number of nitrogens with zero attached hydrogens (tertiary/aromatic N) is 3. The van der Waals surface area contributed by atoms with Crippen LogP contribution in [-0.2, 0) is 65.4 Å². The second-order valence-electron chi connectivity index (χ2n) is 4.55. The molecule has 5 heteroatoms. The summed E-state index contributed by atoms with van der Waals surface area (Å²) < 4.78 is 3.63. The molecule has 0 saturated heterocycles. The van der Waals surface area contributed by atoms with E-state index in [-0.39, 0.29) is 65.4 Å². The van der Waals surface area contributed by atoms with E-state index in [0.29, 0.717) is 0 Å². The van der Waals surface area contributed by atoms with E-state index in [1.165, 1.54) is 10.9 Å². The van der Waals surface area contributed by atoms with Gasteiger partial charge in [0.2, 0.25) is 0 Å². The van der Waals surface area contributed by atoms with E-state index >= 15 is 0 Å². The third-order valence-electron chi connectivity index (χ3n) is 3.20. The van der Waals surface area contributed by atoms with Gasteiger partial charge in [0.25, 0.3) is 0 Å². The van der Waals surface area contributed by atoms with Gasteiger partial charge in [-0.1, -0.05) is 47.4 Å². The van der Waals surface area contributed by atoms with Gasteiger partial charge in [-0.3, -0.25) is 0 Å². The second-order valence-corrected chi connectivity index (χ2v) is 4.55. The first kappa shape index (κ1) is 19.4. The van der Waals surface area contributed by atoms with Crippen molar-refractivity contribution in [2.75, 3.05) is 0 Å². The fraction of sp³-hybridized carbons (Fsp3) is 0. The van der Waals surface area contributed by atoms with Crippen molar-refractivity contribution in [3.63, 3.8) is 0 Å². The smallest absolute Gasteiger partial charge is 0.0319 e. The number of pyridine rings is 1. The van der Waals surface area contributed by atoms with Crippen molar-refractivity contribution in [3.05, 3.63) is 81.2 Å². The first-order chi connectivity index (χ1) is 9.75. The normalized spacial score (nSPS) is 9.45. The van der Waals surface area contributed by atoms with Crippen molar-refractivity contribution in [2.45, 2.75) is 0 Å². The standard InChI is InChI=1S/C9H8N.C8H7N2.2Y/c1-10-7-6-8-4-2-3-5-9(8)10;1-10-6-4-7-3-2-5-9-8(7)10;;/h2-7H,1H2;2-6H,1H2;;/q2*-1;;. The molecule has 3 heterocycles. The summed E-state index contributed by atoms with van der Waals surface area (Å²) in [6, 6.07) is 16.2. The minimum atomic E-state index is 0. The van der Waals surface area contributed by atoms with E-state index in [1.54, 1.807) is 10.8 Å². The van der Waals surface area contributed by atoms with Crippen LogP contribution in [0.15, 0.2) is 67.1 Å². The van der Waals surface area contributed by atoms with Gasteiger partial charge >= 0.3 is 0 Å². The van der Waals surface area contributed by atoms with E-state index in [0.717, 1.165) is 11.0 Å². The third kappa shape index (κ3) is 4.23. The number of hydrogen-bond donors (Lipinski definition) is 0. The molecule has 0 fully saturated rings. The second kappa shape index (κ2) is 8.88. The molecule has 0 atom stereocenters. The Morgan fingerprint density at radius 3 is 2.09 bits per heavy atom. The van der Waals surface area contributed by atoms with Crippen LogP contribution < -0.4 is 0 Å². The number of rotatable bonds is 0. The van der Waals surface area contributed by atoms with Gasteiger partial charge in [0.15, 0.2) is 0 Å². The Bertz CT molecular complexity index is 777. The SMILES string of the molecule is [CH2-]n1ccc2ccccc21.[CH2-]n1ccc2cccnc21.[Y].[Y]. The minimum Gasteiger partial charge on any atom is -0.487 e. The predicted molar refractivity (Wildman–Crippen MR) is 83.2 cm³/mol. The molecule has 0 N–H and O–H groups in total. The molecule has 2 radical (unpaired) electrons. The molecular weight excluding hydrogens is 424 g/mol. The zero-order valence-electron chi connectivity index (χ0n) is 12.3. The Morgan fingerprint density at radius 1 is 0.727 bits per heavy atom. The zero-order valence-corrected chi connectivity index (χ0v) is 17.9. The maximum Gasteiger partial charge on any atom is 0.0319 e. The average molecular weight is 439 g/mol. The Balaban J connectivity index is 0.000000202. The van der Waals surface area contributed by atoms with Crippen LogP contribution in [0.2, 0.25) is 0 Å². The predicted octanol–water partition coefficient (Wildman–Crippen LogP) is 3.95. The molecule has 3 nitrogen and oxygen atoms in total. The first-order valence-electron chi connectivity index (χ1n) is 6.35. The molecule has 0 aliphatic rings. The van der Waals surface area contributed by atoms with E-state index in [4.69, 9.17) is 0 Å². The summed E-state index contributed by atoms with van der Waals surface area (Å²) in [4.78, 5) is 4.14. The molecule has 3 aromatic heterocycles. The molecule has 4 aromatic rings. The summed E-state index contributed by atoms with van der Waals surface area (Å²) in [5.41, 5.74) is 2.12. The van der Waals surface area contributed by atoms with Gasteiger partial charge < -0.3 is 14.1 Å². The van der Waals surface area contributed by atoms with Gasteiger partial charge in [-0.25, -0.2) is 0 Å². The fourth-order valence-corrected chi connectivity index (χ4v) is 2.16. The van der Waals surface area contributed by atoms with Gasteiger partial charge in [-0.2, -0.15) is 0 Å². The Kier molecular flexibility index (Phi) is 7.85. The topological polar surface area (TPSA) is 22.8 Å². The number of hydrogen-bond acceptors (Lipinski definition) is 1. The number of benzene rings is 1. The van der Waals surface area contributed by atoms with Crippen LogP contribution in [0.4, 0.5) is 0 Å². The van der Waals surface area contributed by atoms with Crippen LogP contribution in [-0.4, -0.2) is 14.1 Å². The minimum absolute atomic E-state index is 0. The van der Waals surface area contributed by atoms with E-state index in [9.17, 15) is 0 Å². The van der Waals surface area contributed by atoms with Crippen LogP contribution in [0, 0.1) is 14.1 Å². The summed E-state index contributed by atoms with van der Waals surface area (Å²) in [5.74, 6) is 0. The molecule has 0 amide bonds. The van der Waals surface area contributed by atoms with Gasteiger partial charge in [0.05, 0.1) is 0 Å². The van der Waals surface area contributed by atoms with Gasteiger partial charge in [0.1, 0.15) is 0 Å². The Labute approximate surface area is 180 Å². The Morgan fingerprint density at radius 2 is 1.36 bits per heavy atom. The first-order valence-corrected chi connectivity index (χ1v) is 6.35. The third-order valence-corrected chi connectivity index (χ3v) is 3.20. The maximum absolute atomic E-state index is 4.14. The van der Waals surface area contributed by atoms with Crippen LogP contribution in [0.1, 0.15) is 0 Å². The summed E-state index contributed by atoms with van der Waals surface area (Å²) >= 11 is 0. The Hall–Kier alpha value is -0.602. The largest absolute Gasteiger partial charge is 0.487 e. The fourth-order valence-electron chi connectivity index (χ4n) is 2.16. The molecule has 4 rings (SSSR count). The van der Waals surface area contributed by atoms with Crippen molar-refractivity contribution in [1.29, 1.82) is 0 Å². The number of aromatic nitrogens is 3. The van der Waals surface area contributed by atoms with Crippen LogP contribution >= 0.6 is 0 Å². The van der Waals surface area contributed by atoms with Crippen molar-refractivity contribution >= 4 is 21.9 Å². The molecule has 106 valence electrons. The van der Waals surface area contributed by atoms with Gasteiger partial charge in [-0.05, 0) is 11.5 Å². The van der Waals surface area contributed by atoms with Crippen LogP contribution in [0.3, 0.4) is 0 Å². The van der Waals surface area contributed by atoms with E-state index in [1.807, 2.05) is 47.3 Å². The molecule has 0 unspecified atom stereocenters. The molecule has 0 saturated carbocycles. The molecular formula is C17H15N3Y2-2. The quantitative estimate of drug-likeness (QED) is 0.381. The number of fused-ring (bicyclic) bond motifs is 2. The summed E-state index contributed by atoms with van der Waals surface area (Å²) in [6.07, 6.45) is 5.63. The molecule has 22 heavy (non-hydrogen) atoms. The van der Waals surface area contributed by atoms with Crippen LogP contribution in [0.5, 0.6) is 0 Å². The monoisotopic (exact) mass is 439 g/mol. The zero-order chi connectivity index (χ0) is 13.9. The molecule has 0 aliphatic carbocycles. The molecule has 0 spiro atoms. The number of para-hydroxylation sites is 1. The van der Waals surface area contributed by atoms with Gasteiger partial charge in [0, 0.05) is 77.3 Å².